The molecule has 0 unspecified atom stereocenters. The summed E-state index contributed by atoms with van der Waals surface area (Å²) in [6.45, 7) is 10.8. The van der Waals surface area contributed by atoms with Crippen LogP contribution in [0.1, 0.15) is 74.1 Å². The van der Waals surface area contributed by atoms with Crippen LogP contribution < -0.4 is 0 Å². The van der Waals surface area contributed by atoms with Crippen molar-refractivity contribution in [3.63, 3.8) is 0 Å². The van der Waals surface area contributed by atoms with E-state index < -0.39 is 0 Å². The third-order valence-corrected chi connectivity index (χ3v) is 4.93. The van der Waals surface area contributed by atoms with Crippen LogP contribution in [0.2, 0.25) is 0 Å². The number of benzene rings is 3. The standard InChI is InChI=1S/C22H20.C2H6.4CH4/c1-15-7-6-8-16(13-15)17-11-12-19-18-9-4-5-10-20(18)22(2,3)21(19)14-17;1-2;;;;/h4-14H,1-3H3;1-2H3;4*1H4. The zero-order valence-electron chi connectivity index (χ0n) is 15.4. The van der Waals surface area contributed by atoms with Crippen molar-refractivity contribution >= 4 is 0 Å². The minimum atomic E-state index is 0. The van der Waals surface area contributed by atoms with E-state index in [4.69, 9.17) is 0 Å². The molecule has 0 heterocycles. The second-order valence-electron chi connectivity index (χ2n) is 6.80. The van der Waals surface area contributed by atoms with E-state index in [9.17, 15) is 0 Å². The molecule has 0 amide bonds. The van der Waals surface area contributed by atoms with E-state index in [1.54, 1.807) is 0 Å². The van der Waals surface area contributed by atoms with Gasteiger partial charge in [0.05, 0.1) is 0 Å². The van der Waals surface area contributed by atoms with Crippen molar-refractivity contribution in [2.75, 3.05) is 0 Å². The Morgan fingerprint density at radius 1 is 0.571 bits per heavy atom. The molecule has 154 valence electrons. The van der Waals surface area contributed by atoms with Crippen molar-refractivity contribution < 1.29 is 0 Å². The van der Waals surface area contributed by atoms with Gasteiger partial charge in [0.15, 0.2) is 0 Å². The predicted octanol–water partition coefficient (Wildman–Crippen LogP) is 9.54. The SMILES string of the molecule is C.C.C.C.CC.Cc1cccc(-c2ccc3c(c2)C(C)(C)c2ccccc2-3)c1. The van der Waals surface area contributed by atoms with Crippen molar-refractivity contribution in [3.05, 3.63) is 83.4 Å². The largest absolute Gasteiger partial charge is 0.0776 e. The van der Waals surface area contributed by atoms with Crippen LogP contribution in [-0.4, -0.2) is 0 Å². The average Bonchev–Trinajstić information content (AvgIpc) is 2.85. The van der Waals surface area contributed by atoms with Crippen molar-refractivity contribution in [3.8, 4) is 22.3 Å². The zero-order valence-corrected chi connectivity index (χ0v) is 15.4. The first-order valence-corrected chi connectivity index (χ1v) is 8.89. The summed E-state index contributed by atoms with van der Waals surface area (Å²) in [5.74, 6) is 0. The second kappa shape index (κ2) is 10.9. The maximum absolute atomic E-state index is 2.38. The first kappa shape index (κ1) is 27.9. The molecule has 0 aliphatic heterocycles. The van der Waals surface area contributed by atoms with Crippen LogP contribution in [0, 0.1) is 6.92 Å². The highest BCUT2D eigenvalue weighted by molar-refractivity contribution is 5.83. The first-order valence-electron chi connectivity index (χ1n) is 8.89. The highest BCUT2D eigenvalue weighted by atomic mass is 14.4. The Morgan fingerprint density at radius 3 is 1.79 bits per heavy atom. The van der Waals surface area contributed by atoms with Gasteiger partial charge >= 0.3 is 0 Å². The summed E-state index contributed by atoms with van der Waals surface area (Å²) >= 11 is 0. The lowest BCUT2D eigenvalue weighted by Crippen LogP contribution is -2.14. The van der Waals surface area contributed by atoms with Gasteiger partial charge in [0.25, 0.3) is 0 Å². The monoisotopic (exact) mass is 378 g/mol. The molecular weight excluding hydrogens is 336 g/mol. The van der Waals surface area contributed by atoms with Crippen LogP contribution in [0.5, 0.6) is 0 Å². The topological polar surface area (TPSA) is 0 Å². The number of hydrogen-bond donors (Lipinski definition) is 0. The fourth-order valence-electron chi connectivity index (χ4n) is 3.71. The molecule has 3 aromatic carbocycles. The Labute approximate surface area is 175 Å². The Hall–Kier alpha value is -2.34. The lowest BCUT2D eigenvalue weighted by atomic mass is 9.81. The summed E-state index contributed by atoms with van der Waals surface area (Å²) in [6.07, 6.45) is 0. The highest BCUT2D eigenvalue weighted by Crippen LogP contribution is 2.49. The highest BCUT2D eigenvalue weighted by Gasteiger charge is 2.35. The maximum Gasteiger partial charge on any atom is 0.0159 e. The van der Waals surface area contributed by atoms with Gasteiger partial charge in [-0.25, -0.2) is 0 Å². The molecule has 0 atom stereocenters. The van der Waals surface area contributed by atoms with E-state index in [2.05, 4.69) is 87.5 Å². The average molecular weight is 379 g/mol. The van der Waals surface area contributed by atoms with Gasteiger partial charge in [0.2, 0.25) is 0 Å². The molecule has 0 aromatic heterocycles. The van der Waals surface area contributed by atoms with Crippen LogP contribution >= 0.6 is 0 Å². The molecule has 0 saturated heterocycles. The lowest BCUT2D eigenvalue weighted by Gasteiger charge is -2.22. The third-order valence-electron chi connectivity index (χ3n) is 4.93. The summed E-state index contributed by atoms with van der Waals surface area (Å²) < 4.78 is 0. The molecule has 0 radical (unpaired) electrons. The molecule has 0 N–H and O–H groups in total. The number of aryl methyl sites for hydroxylation is 1. The molecule has 1 aliphatic carbocycles. The Kier molecular flexibility index (Phi) is 10.8. The fourth-order valence-corrected chi connectivity index (χ4v) is 3.71. The second-order valence-corrected chi connectivity index (χ2v) is 6.80. The molecule has 0 saturated carbocycles. The van der Waals surface area contributed by atoms with Crippen molar-refractivity contribution in [2.24, 2.45) is 0 Å². The lowest BCUT2D eigenvalue weighted by molar-refractivity contribution is 0.660. The molecule has 0 nitrogen and oxygen atoms in total. The van der Waals surface area contributed by atoms with Crippen LogP contribution in [0.15, 0.2) is 66.7 Å². The summed E-state index contributed by atoms with van der Waals surface area (Å²) in [6, 6.07) is 24.5. The molecule has 0 fully saturated rings. The van der Waals surface area contributed by atoms with E-state index in [1.165, 1.54) is 38.9 Å². The molecule has 0 spiro atoms. The molecule has 28 heavy (non-hydrogen) atoms. The van der Waals surface area contributed by atoms with Gasteiger partial charge in [0, 0.05) is 5.41 Å². The number of fused-ring (bicyclic) bond motifs is 3. The molecular formula is C28H42. The molecule has 0 heteroatoms. The smallest absolute Gasteiger partial charge is 0.0159 e. The van der Waals surface area contributed by atoms with Gasteiger partial charge in [-0.1, -0.05) is 124 Å². The Balaban J connectivity index is 0. The summed E-state index contributed by atoms with van der Waals surface area (Å²) in [4.78, 5) is 0. The fraction of sp³-hybridized carbons (Fsp3) is 0.357. The Bertz CT molecular complexity index is 869. The predicted molar refractivity (Wildman–Crippen MR) is 132 cm³/mol. The number of hydrogen-bond acceptors (Lipinski definition) is 0. The minimum absolute atomic E-state index is 0. The third kappa shape index (κ3) is 4.55. The molecule has 4 rings (SSSR count). The van der Waals surface area contributed by atoms with Crippen LogP contribution in [0.3, 0.4) is 0 Å². The van der Waals surface area contributed by atoms with Crippen LogP contribution in [-0.2, 0) is 5.41 Å². The van der Waals surface area contributed by atoms with E-state index in [1.807, 2.05) is 13.8 Å². The van der Waals surface area contributed by atoms with E-state index in [0.717, 1.165) is 0 Å². The minimum Gasteiger partial charge on any atom is -0.0776 e. The summed E-state index contributed by atoms with van der Waals surface area (Å²) in [5, 5.41) is 0. The Morgan fingerprint density at radius 2 is 1.14 bits per heavy atom. The normalized spacial score (nSPS) is 11.6. The van der Waals surface area contributed by atoms with Gasteiger partial charge in [-0.2, -0.15) is 0 Å². The van der Waals surface area contributed by atoms with Gasteiger partial charge in [0.1, 0.15) is 0 Å². The maximum atomic E-state index is 2.38. The quantitative estimate of drug-likeness (QED) is 0.395. The van der Waals surface area contributed by atoms with Crippen LogP contribution in [0.25, 0.3) is 22.3 Å². The summed E-state index contributed by atoms with van der Waals surface area (Å²) in [7, 11) is 0. The van der Waals surface area contributed by atoms with Crippen molar-refractivity contribution in [1.82, 2.24) is 0 Å². The van der Waals surface area contributed by atoms with Crippen molar-refractivity contribution in [1.29, 1.82) is 0 Å². The molecule has 1 aliphatic rings. The van der Waals surface area contributed by atoms with Gasteiger partial charge in [-0.05, 0) is 46.4 Å². The summed E-state index contributed by atoms with van der Waals surface area (Å²) in [5.41, 5.74) is 9.64. The van der Waals surface area contributed by atoms with Gasteiger partial charge in [-0.3, -0.25) is 0 Å². The molecule has 0 bridgehead atoms. The van der Waals surface area contributed by atoms with E-state index in [0.29, 0.717) is 0 Å². The van der Waals surface area contributed by atoms with E-state index >= 15 is 0 Å². The van der Waals surface area contributed by atoms with Gasteiger partial charge < -0.3 is 0 Å². The zero-order chi connectivity index (χ0) is 17.3. The van der Waals surface area contributed by atoms with Crippen LogP contribution in [0.4, 0.5) is 0 Å². The number of rotatable bonds is 1. The first-order chi connectivity index (χ1) is 11.6. The van der Waals surface area contributed by atoms with E-state index in [-0.39, 0.29) is 35.1 Å². The van der Waals surface area contributed by atoms with Crippen molar-refractivity contribution in [2.45, 2.75) is 69.7 Å². The van der Waals surface area contributed by atoms with Gasteiger partial charge in [-0.15, -0.1) is 0 Å². The molecule has 3 aromatic rings.